The van der Waals surface area contributed by atoms with E-state index in [2.05, 4.69) is 14.9 Å². The van der Waals surface area contributed by atoms with Crippen LogP contribution in [-0.4, -0.2) is 35.9 Å². The van der Waals surface area contributed by atoms with E-state index in [-0.39, 0.29) is 0 Å². The molecule has 0 saturated heterocycles. The van der Waals surface area contributed by atoms with Crippen LogP contribution in [0.2, 0.25) is 5.15 Å². The van der Waals surface area contributed by atoms with Crippen LogP contribution < -0.4 is 0 Å². The monoisotopic (exact) mass is 195 g/mol. The molecule has 3 nitrogen and oxygen atoms in total. The predicted octanol–water partition coefficient (Wildman–Crippen LogP) is 1.43. The number of pyridine rings is 1. The Labute approximate surface area is 82.1 Å². The number of aliphatic imine (C=N–C) groups is 1. The first kappa shape index (κ1) is 8.51. The number of aromatic nitrogens is 1. The number of hydrogen-bond acceptors (Lipinski definition) is 3. The highest BCUT2D eigenvalue weighted by Gasteiger charge is 2.14. The van der Waals surface area contributed by atoms with Gasteiger partial charge in [-0.1, -0.05) is 11.6 Å². The molecule has 0 amide bonds. The van der Waals surface area contributed by atoms with Crippen molar-refractivity contribution in [2.24, 2.45) is 4.99 Å². The SMILES string of the molecule is CN1CCN=C1c1ccc(Cl)nc1. The molecular formula is C9H10ClN3. The molecule has 0 N–H and O–H groups in total. The molecule has 0 saturated carbocycles. The van der Waals surface area contributed by atoms with Gasteiger partial charge in [-0.15, -0.1) is 0 Å². The molecule has 1 aromatic heterocycles. The first-order chi connectivity index (χ1) is 6.27. The largest absolute Gasteiger partial charge is 0.358 e. The molecule has 13 heavy (non-hydrogen) atoms. The van der Waals surface area contributed by atoms with E-state index in [1.165, 1.54) is 0 Å². The van der Waals surface area contributed by atoms with E-state index in [1.54, 1.807) is 12.3 Å². The fraction of sp³-hybridized carbons (Fsp3) is 0.333. The van der Waals surface area contributed by atoms with Crippen LogP contribution in [0.5, 0.6) is 0 Å². The molecule has 1 aliphatic rings. The second-order valence-electron chi connectivity index (χ2n) is 3.00. The van der Waals surface area contributed by atoms with Gasteiger partial charge in [-0.25, -0.2) is 4.98 Å². The average molecular weight is 196 g/mol. The Kier molecular flexibility index (Phi) is 2.19. The third-order valence-electron chi connectivity index (χ3n) is 2.04. The Balaban J connectivity index is 2.30. The summed E-state index contributed by atoms with van der Waals surface area (Å²) in [4.78, 5) is 10.5. The van der Waals surface area contributed by atoms with Gasteiger partial charge in [0.15, 0.2) is 0 Å². The van der Waals surface area contributed by atoms with Gasteiger partial charge < -0.3 is 4.90 Å². The smallest absolute Gasteiger partial charge is 0.132 e. The maximum absolute atomic E-state index is 5.69. The Morgan fingerprint density at radius 2 is 2.31 bits per heavy atom. The highest BCUT2D eigenvalue weighted by atomic mass is 35.5. The number of hydrogen-bond donors (Lipinski definition) is 0. The second-order valence-corrected chi connectivity index (χ2v) is 3.38. The molecule has 0 aromatic carbocycles. The van der Waals surface area contributed by atoms with Crippen molar-refractivity contribution in [2.75, 3.05) is 20.1 Å². The van der Waals surface area contributed by atoms with Gasteiger partial charge in [0.25, 0.3) is 0 Å². The summed E-state index contributed by atoms with van der Waals surface area (Å²) in [5.74, 6) is 1.00. The lowest BCUT2D eigenvalue weighted by Gasteiger charge is -2.12. The van der Waals surface area contributed by atoms with Gasteiger partial charge >= 0.3 is 0 Å². The molecule has 68 valence electrons. The molecule has 2 heterocycles. The number of rotatable bonds is 1. The number of nitrogens with zero attached hydrogens (tertiary/aromatic N) is 3. The van der Waals surface area contributed by atoms with E-state index < -0.39 is 0 Å². The molecule has 1 aliphatic heterocycles. The average Bonchev–Trinajstić information content (AvgIpc) is 2.53. The lowest BCUT2D eigenvalue weighted by Crippen LogP contribution is -2.23. The topological polar surface area (TPSA) is 28.5 Å². The van der Waals surface area contributed by atoms with Crippen molar-refractivity contribution in [1.82, 2.24) is 9.88 Å². The summed E-state index contributed by atoms with van der Waals surface area (Å²) in [6.45, 7) is 1.85. The van der Waals surface area contributed by atoms with Crippen molar-refractivity contribution >= 4 is 17.4 Å². The van der Waals surface area contributed by atoms with Crippen molar-refractivity contribution < 1.29 is 0 Å². The molecule has 0 radical (unpaired) electrons. The van der Waals surface area contributed by atoms with E-state index in [0.29, 0.717) is 5.15 Å². The van der Waals surface area contributed by atoms with Gasteiger partial charge in [0.2, 0.25) is 0 Å². The highest BCUT2D eigenvalue weighted by molar-refractivity contribution is 6.29. The van der Waals surface area contributed by atoms with Crippen LogP contribution >= 0.6 is 11.6 Å². The van der Waals surface area contributed by atoms with Gasteiger partial charge in [0.05, 0.1) is 6.54 Å². The molecule has 0 aliphatic carbocycles. The maximum Gasteiger partial charge on any atom is 0.132 e. The molecule has 0 bridgehead atoms. The van der Waals surface area contributed by atoms with Gasteiger partial charge in [-0.3, -0.25) is 4.99 Å². The van der Waals surface area contributed by atoms with Crippen molar-refractivity contribution in [3.63, 3.8) is 0 Å². The predicted molar refractivity (Wildman–Crippen MR) is 53.3 cm³/mol. The van der Waals surface area contributed by atoms with Crippen molar-refractivity contribution in [3.8, 4) is 0 Å². The lowest BCUT2D eigenvalue weighted by molar-refractivity contribution is 0.556. The normalized spacial score (nSPS) is 16.2. The summed E-state index contributed by atoms with van der Waals surface area (Å²) in [5.41, 5.74) is 1.03. The third kappa shape index (κ3) is 1.65. The van der Waals surface area contributed by atoms with Gasteiger partial charge in [-0.2, -0.15) is 0 Å². The first-order valence-corrected chi connectivity index (χ1v) is 4.52. The minimum Gasteiger partial charge on any atom is -0.358 e. The fourth-order valence-electron chi connectivity index (χ4n) is 1.35. The molecule has 1 aromatic rings. The van der Waals surface area contributed by atoms with E-state index >= 15 is 0 Å². The molecular weight excluding hydrogens is 186 g/mol. The van der Waals surface area contributed by atoms with Crippen LogP contribution in [0.4, 0.5) is 0 Å². The zero-order chi connectivity index (χ0) is 9.26. The number of amidine groups is 1. The lowest BCUT2D eigenvalue weighted by atomic mass is 10.2. The zero-order valence-electron chi connectivity index (χ0n) is 7.37. The van der Waals surface area contributed by atoms with Crippen LogP contribution in [0, 0.1) is 0 Å². The zero-order valence-corrected chi connectivity index (χ0v) is 8.12. The standard InChI is InChI=1S/C9H10ClN3/c1-13-5-4-11-9(13)7-2-3-8(10)12-6-7/h2-3,6H,4-5H2,1H3. The Morgan fingerprint density at radius 3 is 2.85 bits per heavy atom. The summed E-state index contributed by atoms with van der Waals surface area (Å²) in [6, 6.07) is 3.72. The number of likely N-dealkylation sites (N-methyl/N-ethyl adjacent to an activating group) is 1. The van der Waals surface area contributed by atoms with Gasteiger partial charge in [0, 0.05) is 25.4 Å². The molecule has 0 fully saturated rings. The first-order valence-electron chi connectivity index (χ1n) is 4.15. The third-order valence-corrected chi connectivity index (χ3v) is 2.27. The van der Waals surface area contributed by atoms with Crippen molar-refractivity contribution in [3.05, 3.63) is 29.0 Å². The second kappa shape index (κ2) is 3.34. The van der Waals surface area contributed by atoms with E-state index in [9.17, 15) is 0 Å². The molecule has 0 unspecified atom stereocenters. The highest BCUT2D eigenvalue weighted by Crippen LogP contribution is 2.10. The Bertz CT molecular complexity index is 331. The summed E-state index contributed by atoms with van der Waals surface area (Å²) < 4.78 is 0. The van der Waals surface area contributed by atoms with Crippen LogP contribution in [-0.2, 0) is 0 Å². The Morgan fingerprint density at radius 1 is 1.46 bits per heavy atom. The summed E-state index contributed by atoms with van der Waals surface area (Å²) in [5, 5.41) is 0.519. The molecule has 2 rings (SSSR count). The van der Waals surface area contributed by atoms with Crippen molar-refractivity contribution in [2.45, 2.75) is 0 Å². The molecule has 0 atom stereocenters. The van der Waals surface area contributed by atoms with E-state index in [0.717, 1.165) is 24.5 Å². The summed E-state index contributed by atoms with van der Waals surface area (Å²) in [6.07, 6.45) is 1.75. The van der Waals surface area contributed by atoms with Crippen LogP contribution in [0.25, 0.3) is 0 Å². The quantitative estimate of drug-likeness (QED) is 0.635. The van der Waals surface area contributed by atoms with Crippen molar-refractivity contribution in [1.29, 1.82) is 0 Å². The molecule has 0 spiro atoms. The summed E-state index contributed by atoms with van der Waals surface area (Å²) in [7, 11) is 2.03. The van der Waals surface area contributed by atoms with Gasteiger partial charge in [-0.05, 0) is 12.1 Å². The summed E-state index contributed by atoms with van der Waals surface area (Å²) >= 11 is 5.69. The number of halogens is 1. The van der Waals surface area contributed by atoms with E-state index in [4.69, 9.17) is 11.6 Å². The van der Waals surface area contributed by atoms with Crippen LogP contribution in [0.15, 0.2) is 23.3 Å². The maximum atomic E-state index is 5.69. The van der Waals surface area contributed by atoms with Gasteiger partial charge in [0.1, 0.15) is 11.0 Å². The van der Waals surface area contributed by atoms with Crippen LogP contribution in [0.3, 0.4) is 0 Å². The van der Waals surface area contributed by atoms with Crippen LogP contribution in [0.1, 0.15) is 5.56 Å². The Hall–Kier alpha value is -1.09. The minimum absolute atomic E-state index is 0.519. The fourth-order valence-corrected chi connectivity index (χ4v) is 1.46. The minimum atomic E-state index is 0.519. The molecule has 4 heteroatoms. The van der Waals surface area contributed by atoms with E-state index in [1.807, 2.05) is 13.1 Å².